The van der Waals surface area contributed by atoms with Crippen LogP contribution >= 0.6 is 28.6 Å². The standard InChI is InChI=1S/C15H19BrF2OS/c16-12-7-11(17)8-13(18)14(12)19-9-15(10-20)5-3-1-2-4-6-15/h7-8,20H,1-6,9-10H2. The van der Waals surface area contributed by atoms with Gasteiger partial charge in [0.2, 0.25) is 0 Å². The van der Waals surface area contributed by atoms with E-state index in [2.05, 4.69) is 28.6 Å². The van der Waals surface area contributed by atoms with E-state index in [9.17, 15) is 8.78 Å². The van der Waals surface area contributed by atoms with Gasteiger partial charge in [0.25, 0.3) is 0 Å². The molecule has 2 rings (SSSR count). The number of benzene rings is 1. The van der Waals surface area contributed by atoms with Crippen LogP contribution in [-0.2, 0) is 0 Å². The van der Waals surface area contributed by atoms with Gasteiger partial charge in [0, 0.05) is 11.5 Å². The second-order valence-electron chi connectivity index (χ2n) is 5.56. The Morgan fingerprint density at radius 3 is 2.35 bits per heavy atom. The summed E-state index contributed by atoms with van der Waals surface area (Å²) < 4.78 is 32.8. The van der Waals surface area contributed by atoms with E-state index >= 15 is 0 Å². The molecule has 1 nitrogen and oxygen atoms in total. The summed E-state index contributed by atoms with van der Waals surface area (Å²) in [5, 5.41) is 0. The third kappa shape index (κ3) is 3.88. The van der Waals surface area contributed by atoms with Gasteiger partial charge in [-0.05, 0) is 40.6 Å². The van der Waals surface area contributed by atoms with Crippen molar-refractivity contribution in [3.63, 3.8) is 0 Å². The van der Waals surface area contributed by atoms with Crippen LogP contribution < -0.4 is 4.74 Å². The molecule has 1 aliphatic rings. The molecule has 0 radical (unpaired) electrons. The molecular weight excluding hydrogens is 346 g/mol. The van der Waals surface area contributed by atoms with E-state index in [1.807, 2.05) is 0 Å². The Balaban J connectivity index is 2.10. The van der Waals surface area contributed by atoms with E-state index in [-0.39, 0.29) is 11.2 Å². The first-order chi connectivity index (χ1) is 9.56. The molecule has 0 amide bonds. The van der Waals surface area contributed by atoms with Crippen LogP contribution in [0.4, 0.5) is 8.78 Å². The van der Waals surface area contributed by atoms with Crippen LogP contribution in [0.3, 0.4) is 0 Å². The Morgan fingerprint density at radius 2 is 1.80 bits per heavy atom. The zero-order valence-electron chi connectivity index (χ0n) is 11.3. The molecule has 0 heterocycles. The summed E-state index contributed by atoms with van der Waals surface area (Å²) in [7, 11) is 0. The molecule has 0 unspecified atom stereocenters. The summed E-state index contributed by atoms with van der Waals surface area (Å²) in [4.78, 5) is 0. The summed E-state index contributed by atoms with van der Waals surface area (Å²) in [6.07, 6.45) is 6.91. The van der Waals surface area contributed by atoms with Crippen LogP contribution in [0.15, 0.2) is 16.6 Å². The highest BCUT2D eigenvalue weighted by Crippen LogP contribution is 2.38. The van der Waals surface area contributed by atoms with Crippen LogP contribution in [0.5, 0.6) is 5.75 Å². The first-order valence-electron chi connectivity index (χ1n) is 6.94. The van der Waals surface area contributed by atoms with Gasteiger partial charge in [0.15, 0.2) is 11.6 Å². The van der Waals surface area contributed by atoms with Gasteiger partial charge in [-0.3, -0.25) is 0 Å². The number of hydrogen-bond acceptors (Lipinski definition) is 2. The van der Waals surface area contributed by atoms with Crippen LogP contribution in [0.1, 0.15) is 38.5 Å². The van der Waals surface area contributed by atoms with Crippen LogP contribution in [0.25, 0.3) is 0 Å². The van der Waals surface area contributed by atoms with Crippen molar-refractivity contribution in [1.82, 2.24) is 0 Å². The lowest BCUT2D eigenvalue weighted by Gasteiger charge is -2.31. The zero-order valence-corrected chi connectivity index (χ0v) is 13.8. The predicted octanol–water partition coefficient (Wildman–Crippen LogP) is 5.38. The number of thiol groups is 1. The van der Waals surface area contributed by atoms with Crippen molar-refractivity contribution < 1.29 is 13.5 Å². The molecule has 0 N–H and O–H groups in total. The van der Waals surface area contributed by atoms with Crippen molar-refractivity contribution in [2.24, 2.45) is 5.41 Å². The van der Waals surface area contributed by atoms with E-state index < -0.39 is 11.6 Å². The van der Waals surface area contributed by atoms with Gasteiger partial charge in [0.05, 0.1) is 11.1 Å². The van der Waals surface area contributed by atoms with Crippen molar-refractivity contribution in [1.29, 1.82) is 0 Å². The molecular formula is C15H19BrF2OS. The SMILES string of the molecule is Fc1cc(F)c(OCC2(CS)CCCCCC2)c(Br)c1. The lowest BCUT2D eigenvalue weighted by molar-refractivity contribution is 0.143. The van der Waals surface area contributed by atoms with Crippen molar-refractivity contribution in [2.45, 2.75) is 38.5 Å². The average molecular weight is 365 g/mol. The zero-order chi connectivity index (χ0) is 14.6. The number of rotatable bonds is 4. The minimum absolute atomic E-state index is 0.000122. The van der Waals surface area contributed by atoms with Gasteiger partial charge in [0.1, 0.15) is 5.82 Å². The monoisotopic (exact) mass is 364 g/mol. The highest BCUT2D eigenvalue weighted by atomic mass is 79.9. The van der Waals surface area contributed by atoms with Gasteiger partial charge in [-0.2, -0.15) is 12.6 Å². The largest absolute Gasteiger partial charge is 0.489 e. The molecule has 20 heavy (non-hydrogen) atoms. The summed E-state index contributed by atoms with van der Waals surface area (Å²) in [6.45, 7) is 0.428. The lowest BCUT2D eigenvalue weighted by Crippen LogP contribution is -2.30. The molecule has 112 valence electrons. The van der Waals surface area contributed by atoms with E-state index in [0.29, 0.717) is 11.1 Å². The second-order valence-corrected chi connectivity index (χ2v) is 6.73. The molecule has 0 saturated heterocycles. The Labute approximate surface area is 132 Å². The highest BCUT2D eigenvalue weighted by Gasteiger charge is 2.31. The molecule has 5 heteroatoms. The van der Waals surface area contributed by atoms with Gasteiger partial charge < -0.3 is 4.74 Å². The van der Waals surface area contributed by atoms with E-state index in [1.54, 1.807) is 0 Å². The first kappa shape index (κ1) is 16.1. The van der Waals surface area contributed by atoms with Gasteiger partial charge in [-0.25, -0.2) is 8.78 Å². The molecule has 1 aromatic rings. The molecule has 0 aliphatic heterocycles. The third-order valence-corrected chi connectivity index (χ3v) is 5.25. The summed E-state index contributed by atoms with van der Waals surface area (Å²) in [5.41, 5.74) is -0.000122. The van der Waals surface area contributed by atoms with Crippen molar-refractivity contribution in [3.05, 3.63) is 28.2 Å². The minimum Gasteiger partial charge on any atom is -0.489 e. The summed E-state index contributed by atoms with van der Waals surface area (Å²) in [6, 6.07) is 2.07. The highest BCUT2D eigenvalue weighted by molar-refractivity contribution is 9.10. The second kappa shape index (κ2) is 7.12. The van der Waals surface area contributed by atoms with Crippen molar-refractivity contribution in [3.8, 4) is 5.75 Å². The lowest BCUT2D eigenvalue weighted by atomic mass is 9.83. The van der Waals surface area contributed by atoms with Crippen molar-refractivity contribution in [2.75, 3.05) is 12.4 Å². The molecule has 1 saturated carbocycles. The summed E-state index contributed by atoms with van der Waals surface area (Å²) >= 11 is 7.62. The fourth-order valence-corrected chi connectivity index (χ4v) is 3.65. The number of ether oxygens (including phenoxy) is 1. The number of halogens is 3. The molecule has 1 fully saturated rings. The van der Waals surface area contributed by atoms with Gasteiger partial charge >= 0.3 is 0 Å². The third-order valence-electron chi connectivity index (χ3n) is 3.99. The predicted molar refractivity (Wildman–Crippen MR) is 83.5 cm³/mol. The van der Waals surface area contributed by atoms with Gasteiger partial charge in [-0.1, -0.05) is 25.7 Å². The maximum absolute atomic E-state index is 13.8. The van der Waals surface area contributed by atoms with E-state index in [1.165, 1.54) is 18.9 Å². The maximum atomic E-state index is 13.8. The Morgan fingerprint density at radius 1 is 1.15 bits per heavy atom. The topological polar surface area (TPSA) is 9.23 Å². The maximum Gasteiger partial charge on any atom is 0.169 e. The number of hydrogen-bond donors (Lipinski definition) is 1. The quantitative estimate of drug-likeness (QED) is 0.557. The first-order valence-corrected chi connectivity index (χ1v) is 8.37. The molecule has 1 aromatic carbocycles. The summed E-state index contributed by atoms with van der Waals surface area (Å²) in [5.74, 6) is -0.454. The fourth-order valence-electron chi connectivity index (χ4n) is 2.72. The van der Waals surface area contributed by atoms with E-state index in [0.717, 1.165) is 37.5 Å². The average Bonchev–Trinajstić information content (AvgIpc) is 2.63. The van der Waals surface area contributed by atoms with E-state index in [4.69, 9.17) is 4.74 Å². The Kier molecular flexibility index (Phi) is 5.73. The molecule has 0 spiro atoms. The minimum atomic E-state index is -0.667. The molecule has 1 aliphatic carbocycles. The molecule has 0 atom stereocenters. The normalized spacial score (nSPS) is 18.6. The molecule has 0 aromatic heterocycles. The van der Waals surface area contributed by atoms with Crippen LogP contribution in [0, 0.1) is 17.0 Å². The Bertz CT molecular complexity index is 436. The van der Waals surface area contributed by atoms with Crippen molar-refractivity contribution >= 4 is 28.6 Å². The van der Waals surface area contributed by atoms with Gasteiger partial charge in [-0.15, -0.1) is 0 Å². The Hall–Kier alpha value is -0.290. The smallest absolute Gasteiger partial charge is 0.169 e. The fraction of sp³-hybridized carbons (Fsp3) is 0.600. The van der Waals surface area contributed by atoms with Crippen LogP contribution in [-0.4, -0.2) is 12.4 Å². The van der Waals surface area contributed by atoms with Crippen LogP contribution in [0.2, 0.25) is 0 Å². The molecule has 0 bridgehead atoms.